The summed E-state index contributed by atoms with van der Waals surface area (Å²) in [6.45, 7) is 10.7. The van der Waals surface area contributed by atoms with Crippen LogP contribution in [-0.4, -0.2) is 61.4 Å². The van der Waals surface area contributed by atoms with Gasteiger partial charge < -0.3 is 19.7 Å². The Labute approximate surface area is 192 Å². The Bertz CT molecular complexity index is 835. The molecule has 0 bridgehead atoms. The van der Waals surface area contributed by atoms with E-state index in [4.69, 9.17) is 21.7 Å². The van der Waals surface area contributed by atoms with Gasteiger partial charge in [-0.05, 0) is 60.8 Å². The summed E-state index contributed by atoms with van der Waals surface area (Å²) in [5, 5.41) is 4.16. The third-order valence-corrected chi connectivity index (χ3v) is 6.05. The van der Waals surface area contributed by atoms with E-state index < -0.39 is 0 Å². The zero-order valence-corrected chi connectivity index (χ0v) is 19.8. The number of morpholine rings is 1. The minimum absolute atomic E-state index is 0.727. The van der Waals surface area contributed by atoms with Crippen molar-refractivity contribution < 1.29 is 9.47 Å². The number of benzene rings is 2. The Balaban J connectivity index is 1.68. The highest BCUT2D eigenvalue weighted by Crippen LogP contribution is 2.26. The average molecular weight is 442 g/mol. The largest absolute Gasteiger partial charge is 0.495 e. The smallest absolute Gasteiger partial charge is 0.173 e. The van der Waals surface area contributed by atoms with Crippen LogP contribution in [0.3, 0.4) is 0 Å². The minimum atomic E-state index is 0.727. The van der Waals surface area contributed by atoms with Crippen molar-refractivity contribution in [3.05, 3.63) is 59.2 Å². The van der Waals surface area contributed by atoms with Gasteiger partial charge >= 0.3 is 0 Å². The molecule has 0 spiro atoms. The Morgan fingerprint density at radius 2 is 1.84 bits per heavy atom. The minimum Gasteiger partial charge on any atom is -0.495 e. The van der Waals surface area contributed by atoms with Crippen LogP contribution in [0.4, 0.5) is 5.69 Å². The highest BCUT2D eigenvalue weighted by Gasteiger charge is 2.15. The third kappa shape index (κ3) is 7.20. The van der Waals surface area contributed by atoms with E-state index in [1.165, 1.54) is 16.7 Å². The number of nitrogens with one attached hydrogen (secondary N) is 1. The van der Waals surface area contributed by atoms with Gasteiger partial charge in [-0.1, -0.05) is 37.3 Å². The van der Waals surface area contributed by atoms with Gasteiger partial charge in [-0.2, -0.15) is 0 Å². The molecular formula is C25H35N3O2S. The van der Waals surface area contributed by atoms with Gasteiger partial charge in [0.2, 0.25) is 0 Å². The summed E-state index contributed by atoms with van der Waals surface area (Å²) in [5.74, 6) is 0.800. The Hall–Kier alpha value is -2.15. The van der Waals surface area contributed by atoms with E-state index in [1.54, 1.807) is 7.11 Å². The zero-order chi connectivity index (χ0) is 22.1. The van der Waals surface area contributed by atoms with E-state index in [1.807, 2.05) is 12.1 Å². The van der Waals surface area contributed by atoms with E-state index in [0.717, 1.165) is 75.3 Å². The summed E-state index contributed by atoms with van der Waals surface area (Å²) < 4.78 is 11.0. The standard InChI is InChI=1S/C25H35N3O2S/c1-4-21-7-9-22(10-8-21)19-28(13-5-12-27-14-16-30-17-15-27)25(31)26-23-18-20(2)6-11-24(23)29-3/h6-11,18H,4-5,12-17,19H2,1-3H3,(H,26,31). The van der Waals surface area contributed by atoms with Gasteiger partial charge in [0.1, 0.15) is 5.75 Å². The van der Waals surface area contributed by atoms with Crippen molar-refractivity contribution in [1.82, 2.24) is 9.80 Å². The maximum atomic E-state index is 5.85. The van der Waals surface area contributed by atoms with Gasteiger partial charge in [0.15, 0.2) is 5.11 Å². The van der Waals surface area contributed by atoms with Gasteiger partial charge in [0.05, 0.1) is 26.0 Å². The molecule has 1 aliphatic heterocycles. The van der Waals surface area contributed by atoms with Crippen LogP contribution in [0.5, 0.6) is 5.75 Å². The lowest BCUT2D eigenvalue weighted by molar-refractivity contribution is 0.0368. The molecule has 2 aromatic carbocycles. The summed E-state index contributed by atoms with van der Waals surface area (Å²) in [5.41, 5.74) is 4.70. The lowest BCUT2D eigenvalue weighted by Gasteiger charge is -2.30. The lowest BCUT2D eigenvalue weighted by Crippen LogP contribution is -2.40. The van der Waals surface area contributed by atoms with Crippen LogP contribution in [0.1, 0.15) is 30.0 Å². The lowest BCUT2D eigenvalue weighted by atomic mass is 10.1. The van der Waals surface area contributed by atoms with Crippen LogP contribution in [0.2, 0.25) is 0 Å². The number of ether oxygens (including phenoxy) is 2. The molecule has 3 rings (SSSR count). The molecule has 1 aliphatic rings. The first-order valence-electron chi connectivity index (χ1n) is 11.2. The molecule has 0 atom stereocenters. The molecular weight excluding hydrogens is 406 g/mol. The van der Waals surface area contributed by atoms with Crippen LogP contribution in [0.25, 0.3) is 0 Å². The Morgan fingerprint density at radius 3 is 2.52 bits per heavy atom. The SMILES string of the molecule is CCc1ccc(CN(CCCN2CCOCC2)C(=S)Nc2cc(C)ccc2OC)cc1. The molecule has 5 nitrogen and oxygen atoms in total. The first-order valence-corrected chi connectivity index (χ1v) is 11.6. The molecule has 1 heterocycles. The first-order chi connectivity index (χ1) is 15.1. The quantitative estimate of drug-likeness (QED) is 0.578. The van der Waals surface area contributed by atoms with Crippen LogP contribution in [0.15, 0.2) is 42.5 Å². The van der Waals surface area contributed by atoms with Crippen molar-refractivity contribution in [2.24, 2.45) is 0 Å². The molecule has 0 aliphatic carbocycles. The van der Waals surface area contributed by atoms with Crippen molar-refractivity contribution in [2.75, 3.05) is 51.8 Å². The highest BCUT2D eigenvalue weighted by molar-refractivity contribution is 7.80. The normalized spacial score (nSPS) is 14.3. The van der Waals surface area contributed by atoms with E-state index in [-0.39, 0.29) is 0 Å². The fourth-order valence-electron chi connectivity index (χ4n) is 3.78. The topological polar surface area (TPSA) is 37.0 Å². The maximum Gasteiger partial charge on any atom is 0.173 e. The second-order valence-electron chi connectivity index (χ2n) is 8.03. The van der Waals surface area contributed by atoms with Crippen LogP contribution < -0.4 is 10.1 Å². The molecule has 0 amide bonds. The average Bonchev–Trinajstić information content (AvgIpc) is 2.79. The van der Waals surface area contributed by atoms with E-state index in [9.17, 15) is 0 Å². The molecule has 0 radical (unpaired) electrons. The second kappa shape index (κ2) is 12.0. The second-order valence-corrected chi connectivity index (χ2v) is 8.42. The van der Waals surface area contributed by atoms with Crippen LogP contribution in [-0.2, 0) is 17.7 Å². The van der Waals surface area contributed by atoms with Crippen molar-refractivity contribution in [3.8, 4) is 5.75 Å². The van der Waals surface area contributed by atoms with Crippen molar-refractivity contribution in [2.45, 2.75) is 33.2 Å². The van der Waals surface area contributed by atoms with Gasteiger partial charge in [-0.3, -0.25) is 4.90 Å². The number of hydrogen-bond acceptors (Lipinski definition) is 4. The van der Waals surface area contributed by atoms with E-state index >= 15 is 0 Å². The predicted molar refractivity (Wildman–Crippen MR) is 132 cm³/mol. The summed E-state index contributed by atoms with van der Waals surface area (Å²) >= 11 is 5.85. The summed E-state index contributed by atoms with van der Waals surface area (Å²) in [6.07, 6.45) is 2.11. The van der Waals surface area contributed by atoms with Gasteiger partial charge in [-0.15, -0.1) is 0 Å². The van der Waals surface area contributed by atoms with Crippen LogP contribution >= 0.6 is 12.2 Å². The zero-order valence-electron chi connectivity index (χ0n) is 19.0. The van der Waals surface area contributed by atoms with Crippen molar-refractivity contribution >= 4 is 23.0 Å². The van der Waals surface area contributed by atoms with Crippen molar-refractivity contribution in [1.29, 1.82) is 0 Å². The summed E-state index contributed by atoms with van der Waals surface area (Å²) in [4.78, 5) is 4.73. The molecule has 6 heteroatoms. The van der Waals surface area contributed by atoms with Gasteiger partial charge in [-0.25, -0.2) is 0 Å². The number of anilines is 1. The number of hydrogen-bond donors (Lipinski definition) is 1. The monoisotopic (exact) mass is 441 g/mol. The first kappa shape index (κ1) is 23.5. The molecule has 168 valence electrons. The Kier molecular flexibility index (Phi) is 9.13. The molecule has 2 aromatic rings. The molecule has 1 fully saturated rings. The fraction of sp³-hybridized carbons (Fsp3) is 0.480. The Morgan fingerprint density at radius 1 is 1.13 bits per heavy atom. The predicted octanol–water partition coefficient (Wildman–Crippen LogP) is 4.49. The van der Waals surface area contributed by atoms with Gasteiger partial charge in [0, 0.05) is 32.7 Å². The molecule has 31 heavy (non-hydrogen) atoms. The summed E-state index contributed by atoms with van der Waals surface area (Å²) in [6, 6.07) is 14.9. The molecule has 0 saturated carbocycles. The van der Waals surface area contributed by atoms with Crippen molar-refractivity contribution in [3.63, 3.8) is 0 Å². The molecule has 1 N–H and O–H groups in total. The number of thiocarbonyl (C=S) groups is 1. The number of aryl methyl sites for hydroxylation is 2. The van der Waals surface area contributed by atoms with E-state index in [0.29, 0.717) is 0 Å². The summed E-state index contributed by atoms with van der Waals surface area (Å²) in [7, 11) is 1.69. The number of methoxy groups -OCH3 is 1. The molecule has 1 saturated heterocycles. The third-order valence-electron chi connectivity index (χ3n) is 5.69. The highest BCUT2D eigenvalue weighted by atomic mass is 32.1. The maximum absolute atomic E-state index is 5.85. The van der Waals surface area contributed by atoms with E-state index in [2.05, 4.69) is 59.3 Å². The number of rotatable bonds is 9. The molecule has 0 unspecified atom stereocenters. The molecule has 0 aromatic heterocycles. The van der Waals surface area contributed by atoms with Gasteiger partial charge in [0.25, 0.3) is 0 Å². The van der Waals surface area contributed by atoms with Crippen LogP contribution in [0, 0.1) is 6.92 Å². The number of nitrogens with zero attached hydrogens (tertiary/aromatic N) is 2. The fourth-order valence-corrected chi connectivity index (χ4v) is 4.04.